The molecule has 0 spiro atoms. The average molecular weight is 290 g/mol. The fourth-order valence-electron chi connectivity index (χ4n) is 2.65. The fraction of sp³-hybridized carbons (Fsp3) is 0.588. The number of carbonyl (C=O) groups is 1. The number of amides is 1. The molecule has 1 amide bonds. The Kier molecular flexibility index (Phi) is 6.05. The highest BCUT2D eigenvalue weighted by atomic mass is 16.5. The summed E-state index contributed by atoms with van der Waals surface area (Å²) in [5.74, 6) is 1.15. The van der Waals surface area contributed by atoms with E-state index in [0.717, 1.165) is 12.3 Å². The summed E-state index contributed by atoms with van der Waals surface area (Å²) < 4.78 is 5.62. The minimum absolute atomic E-state index is 0.0490. The van der Waals surface area contributed by atoms with Gasteiger partial charge in [0.15, 0.2) is 6.10 Å². The SMILES string of the molecule is CC(CNC(=O)C(C)Oc1ccccc1)CN1CCCC1. The first-order valence-corrected chi connectivity index (χ1v) is 7.87. The summed E-state index contributed by atoms with van der Waals surface area (Å²) >= 11 is 0. The van der Waals surface area contributed by atoms with E-state index < -0.39 is 6.10 Å². The Hall–Kier alpha value is -1.55. The number of para-hydroxylation sites is 1. The maximum atomic E-state index is 12.0. The first kappa shape index (κ1) is 15.8. The van der Waals surface area contributed by atoms with Crippen LogP contribution in [0.2, 0.25) is 0 Å². The van der Waals surface area contributed by atoms with Crippen LogP contribution in [0.1, 0.15) is 26.7 Å². The Bertz CT molecular complexity index is 430. The summed E-state index contributed by atoms with van der Waals surface area (Å²) in [5.41, 5.74) is 0. The zero-order chi connectivity index (χ0) is 15.1. The molecule has 1 aromatic carbocycles. The second kappa shape index (κ2) is 8.03. The topological polar surface area (TPSA) is 41.6 Å². The standard InChI is InChI=1S/C17H26N2O2/c1-14(13-19-10-6-7-11-19)12-18-17(20)15(2)21-16-8-4-3-5-9-16/h3-5,8-9,14-15H,6-7,10-13H2,1-2H3,(H,18,20). The minimum atomic E-state index is -0.466. The molecule has 1 N–H and O–H groups in total. The molecule has 2 rings (SSSR count). The lowest BCUT2D eigenvalue weighted by Crippen LogP contribution is -2.40. The molecule has 0 aromatic heterocycles. The zero-order valence-electron chi connectivity index (χ0n) is 13.0. The van der Waals surface area contributed by atoms with E-state index in [4.69, 9.17) is 4.74 Å². The number of carbonyl (C=O) groups excluding carboxylic acids is 1. The van der Waals surface area contributed by atoms with Gasteiger partial charge < -0.3 is 15.0 Å². The van der Waals surface area contributed by atoms with Crippen molar-refractivity contribution in [2.45, 2.75) is 32.8 Å². The van der Waals surface area contributed by atoms with Crippen molar-refractivity contribution in [1.29, 1.82) is 0 Å². The van der Waals surface area contributed by atoms with Gasteiger partial charge in [-0.3, -0.25) is 4.79 Å². The van der Waals surface area contributed by atoms with Crippen LogP contribution in [0.4, 0.5) is 0 Å². The molecule has 2 atom stereocenters. The summed E-state index contributed by atoms with van der Waals surface area (Å²) in [6, 6.07) is 9.45. The number of benzene rings is 1. The molecule has 1 aromatic rings. The normalized spacial score (nSPS) is 18.2. The van der Waals surface area contributed by atoms with Crippen molar-refractivity contribution in [3.05, 3.63) is 30.3 Å². The fourth-order valence-corrected chi connectivity index (χ4v) is 2.65. The molecule has 4 heteroatoms. The smallest absolute Gasteiger partial charge is 0.260 e. The van der Waals surface area contributed by atoms with Crippen molar-refractivity contribution >= 4 is 5.91 Å². The number of ether oxygens (including phenoxy) is 1. The van der Waals surface area contributed by atoms with Gasteiger partial charge in [-0.2, -0.15) is 0 Å². The zero-order valence-corrected chi connectivity index (χ0v) is 13.0. The Morgan fingerprint density at radius 1 is 1.24 bits per heavy atom. The number of likely N-dealkylation sites (tertiary alicyclic amines) is 1. The van der Waals surface area contributed by atoms with Crippen LogP contribution in [-0.4, -0.2) is 43.1 Å². The number of hydrogen-bond donors (Lipinski definition) is 1. The van der Waals surface area contributed by atoms with Gasteiger partial charge in [-0.05, 0) is 50.9 Å². The van der Waals surface area contributed by atoms with E-state index >= 15 is 0 Å². The highest BCUT2D eigenvalue weighted by Crippen LogP contribution is 2.11. The van der Waals surface area contributed by atoms with E-state index in [9.17, 15) is 4.79 Å². The minimum Gasteiger partial charge on any atom is -0.481 e. The van der Waals surface area contributed by atoms with Gasteiger partial charge in [-0.1, -0.05) is 25.1 Å². The Morgan fingerprint density at radius 2 is 1.90 bits per heavy atom. The second-order valence-electron chi connectivity index (χ2n) is 5.93. The molecule has 0 bridgehead atoms. The summed E-state index contributed by atoms with van der Waals surface area (Å²) in [6.45, 7) is 8.14. The molecule has 1 heterocycles. The molecule has 21 heavy (non-hydrogen) atoms. The Balaban J connectivity index is 1.68. The highest BCUT2D eigenvalue weighted by Gasteiger charge is 2.17. The molecule has 0 aliphatic carbocycles. The summed E-state index contributed by atoms with van der Waals surface area (Å²) in [5, 5.41) is 2.99. The molecular weight excluding hydrogens is 264 g/mol. The van der Waals surface area contributed by atoms with Crippen LogP contribution in [0.15, 0.2) is 30.3 Å². The molecule has 4 nitrogen and oxygen atoms in total. The van der Waals surface area contributed by atoms with E-state index in [1.54, 1.807) is 6.92 Å². The van der Waals surface area contributed by atoms with Gasteiger partial charge in [0, 0.05) is 13.1 Å². The van der Waals surface area contributed by atoms with Crippen molar-refractivity contribution in [1.82, 2.24) is 10.2 Å². The van der Waals surface area contributed by atoms with Crippen molar-refractivity contribution in [2.24, 2.45) is 5.92 Å². The number of hydrogen-bond acceptors (Lipinski definition) is 3. The number of nitrogens with one attached hydrogen (secondary N) is 1. The van der Waals surface area contributed by atoms with Crippen LogP contribution in [0, 0.1) is 5.92 Å². The lowest BCUT2D eigenvalue weighted by Gasteiger charge is -2.21. The van der Waals surface area contributed by atoms with Crippen molar-refractivity contribution in [3.8, 4) is 5.75 Å². The van der Waals surface area contributed by atoms with E-state index in [2.05, 4.69) is 17.1 Å². The largest absolute Gasteiger partial charge is 0.481 e. The predicted octanol–water partition coefficient (Wildman–Crippen LogP) is 2.30. The third-order valence-corrected chi connectivity index (χ3v) is 3.82. The quantitative estimate of drug-likeness (QED) is 0.838. The van der Waals surface area contributed by atoms with Gasteiger partial charge in [0.2, 0.25) is 0 Å². The monoisotopic (exact) mass is 290 g/mol. The third-order valence-electron chi connectivity index (χ3n) is 3.82. The maximum absolute atomic E-state index is 12.0. The van der Waals surface area contributed by atoms with E-state index in [-0.39, 0.29) is 5.91 Å². The maximum Gasteiger partial charge on any atom is 0.260 e. The summed E-state index contributed by atoms with van der Waals surface area (Å²) in [7, 11) is 0. The van der Waals surface area contributed by atoms with Crippen LogP contribution in [-0.2, 0) is 4.79 Å². The van der Waals surface area contributed by atoms with Gasteiger partial charge >= 0.3 is 0 Å². The molecule has 0 saturated carbocycles. The van der Waals surface area contributed by atoms with Crippen LogP contribution in [0.3, 0.4) is 0 Å². The number of rotatable bonds is 7. The van der Waals surface area contributed by atoms with Crippen molar-refractivity contribution < 1.29 is 9.53 Å². The highest BCUT2D eigenvalue weighted by molar-refractivity contribution is 5.80. The van der Waals surface area contributed by atoms with Crippen LogP contribution >= 0.6 is 0 Å². The molecule has 0 radical (unpaired) electrons. The van der Waals surface area contributed by atoms with Gasteiger partial charge in [-0.25, -0.2) is 0 Å². The molecular formula is C17H26N2O2. The lowest BCUT2D eigenvalue weighted by molar-refractivity contribution is -0.127. The van der Waals surface area contributed by atoms with Gasteiger partial charge in [0.25, 0.3) is 5.91 Å². The molecule has 1 aliphatic heterocycles. The summed E-state index contributed by atoms with van der Waals surface area (Å²) in [6.07, 6.45) is 2.15. The van der Waals surface area contributed by atoms with E-state index in [1.807, 2.05) is 30.3 Å². The lowest BCUT2D eigenvalue weighted by atomic mass is 10.1. The molecule has 2 unspecified atom stereocenters. The molecule has 116 valence electrons. The van der Waals surface area contributed by atoms with Crippen LogP contribution < -0.4 is 10.1 Å². The average Bonchev–Trinajstić information content (AvgIpc) is 2.98. The second-order valence-corrected chi connectivity index (χ2v) is 5.93. The van der Waals surface area contributed by atoms with Crippen LogP contribution in [0.25, 0.3) is 0 Å². The molecule has 1 saturated heterocycles. The Morgan fingerprint density at radius 3 is 2.57 bits per heavy atom. The van der Waals surface area contributed by atoms with Crippen LogP contribution in [0.5, 0.6) is 5.75 Å². The third kappa shape index (κ3) is 5.38. The first-order chi connectivity index (χ1) is 10.1. The van der Waals surface area contributed by atoms with Crippen molar-refractivity contribution in [2.75, 3.05) is 26.2 Å². The molecule has 1 fully saturated rings. The van der Waals surface area contributed by atoms with Gasteiger partial charge in [0.1, 0.15) is 5.75 Å². The van der Waals surface area contributed by atoms with Crippen molar-refractivity contribution in [3.63, 3.8) is 0 Å². The first-order valence-electron chi connectivity index (χ1n) is 7.87. The number of nitrogens with zero attached hydrogens (tertiary/aromatic N) is 1. The predicted molar refractivity (Wildman–Crippen MR) is 84.4 cm³/mol. The molecule has 1 aliphatic rings. The van der Waals surface area contributed by atoms with Gasteiger partial charge in [-0.15, -0.1) is 0 Å². The van der Waals surface area contributed by atoms with Gasteiger partial charge in [0.05, 0.1) is 0 Å². The Labute approximate surface area is 127 Å². The van der Waals surface area contributed by atoms with E-state index in [0.29, 0.717) is 12.5 Å². The van der Waals surface area contributed by atoms with E-state index in [1.165, 1.54) is 25.9 Å². The summed E-state index contributed by atoms with van der Waals surface area (Å²) in [4.78, 5) is 14.5.